The van der Waals surface area contributed by atoms with Crippen LogP contribution in [0.15, 0.2) is 5.38 Å². The highest BCUT2D eigenvalue weighted by atomic mass is 32.2. The van der Waals surface area contributed by atoms with Crippen LogP contribution < -0.4 is 5.32 Å². The van der Waals surface area contributed by atoms with Crippen molar-refractivity contribution in [1.29, 1.82) is 0 Å². The van der Waals surface area contributed by atoms with Crippen molar-refractivity contribution in [2.75, 3.05) is 18.6 Å². The van der Waals surface area contributed by atoms with Crippen molar-refractivity contribution in [3.05, 3.63) is 16.1 Å². The number of aryl methyl sites for hydroxylation is 1. The molecule has 0 spiro atoms. The number of thiazole rings is 1. The van der Waals surface area contributed by atoms with Crippen molar-refractivity contribution >= 4 is 23.1 Å². The molecule has 1 aliphatic heterocycles. The molecule has 1 N–H and O–H groups in total. The Kier molecular flexibility index (Phi) is 2.62. The van der Waals surface area contributed by atoms with E-state index in [4.69, 9.17) is 0 Å². The van der Waals surface area contributed by atoms with Crippen LogP contribution in [0.5, 0.6) is 0 Å². The maximum absolute atomic E-state index is 4.58. The number of rotatable bonds is 2. The lowest BCUT2D eigenvalue weighted by Gasteiger charge is -2.24. The fourth-order valence-electron chi connectivity index (χ4n) is 1.61. The molecule has 2 rings (SSSR count). The van der Waals surface area contributed by atoms with Gasteiger partial charge in [0.15, 0.2) is 0 Å². The van der Waals surface area contributed by atoms with Gasteiger partial charge in [-0.3, -0.25) is 0 Å². The number of aromatic nitrogens is 1. The van der Waals surface area contributed by atoms with Crippen molar-refractivity contribution in [2.24, 2.45) is 0 Å². The standard InChI is InChI=1S/C9H14N2S2/c1-7-5-13-8(11-7)9(10-2)3-4-12-6-9/h5,10H,3-4,6H2,1-2H3. The van der Waals surface area contributed by atoms with Gasteiger partial charge in [0.05, 0.1) is 5.54 Å². The molecule has 0 radical (unpaired) electrons. The van der Waals surface area contributed by atoms with Crippen LogP contribution in [-0.4, -0.2) is 23.5 Å². The molecule has 1 aliphatic rings. The van der Waals surface area contributed by atoms with E-state index in [1.807, 2.05) is 18.8 Å². The Balaban J connectivity index is 2.30. The lowest BCUT2D eigenvalue weighted by Crippen LogP contribution is -2.39. The van der Waals surface area contributed by atoms with Crippen LogP contribution in [0, 0.1) is 6.92 Å². The Morgan fingerprint density at radius 1 is 1.62 bits per heavy atom. The van der Waals surface area contributed by atoms with Gasteiger partial charge in [-0.15, -0.1) is 11.3 Å². The first kappa shape index (κ1) is 9.49. The molecule has 1 aromatic heterocycles. The molecule has 0 saturated carbocycles. The summed E-state index contributed by atoms with van der Waals surface area (Å²) in [6.45, 7) is 2.06. The predicted octanol–water partition coefficient (Wildman–Crippen LogP) is 2.00. The van der Waals surface area contributed by atoms with Gasteiger partial charge in [0, 0.05) is 16.8 Å². The third-order valence-corrected chi connectivity index (χ3v) is 4.88. The van der Waals surface area contributed by atoms with Crippen molar-refractivity contribution in [2.45, 2.75) is 18.9 Å². The van der Waals surface area contributed by atoms with Crippen molar-refractivity contribution in [3.8, 4) is 0 Å². The minimum absolute atomic E-state index is 0.170. The van der Waals surface area contributed by atoms with Gasteiger partial charge in [-0.25, -0.2) is 4.98 Å². The molecule has 0 bridgehead atoms. The normalized spacial score (nSPS) is 28.2. The van der Waals surface area contributed by atoms with Crippen LogP contribution in [0.3, 0.4) is 0 Å². The summed E-state index contributed by atoms with van der Waals surface area (Å²) in [5, 5.41) is 6.83. The predicted molar refractivity (Wildman–Crippen MR) is 59.5 cm³/mol. The van der Waals surface area contributed by atoms with E-state index < -0.39 is 0 Å². The second kappa shape index (κ2) is 3.59. The Morgan fingerprint density at radius 2 is 2.46 bits per heavy atom. The summed E-state index contributed by atoms with van der Waals surface area (Å²) < 4.78 is 0. The first-order valence-electron chi connectivity index (χ1n) is 4.46. The first-order chi connectivity index (χ1) is 6.27. The summed E-state index contributed by atoms with van der Waals surface area (Å²) in [5.74, 6) is 2.41. The zero-order chi connectivity index (χ0) is 9.31. The molecule has 72 valence electrons. The van der Waals surface area contributed by atoms with E-state index in [0.717, 1.165) is 11.4 Å². The minimum atomic E-state index is 0.170. The van der Waals surface area contributed by atoms with E-state index in [9.17, 15) is 0 Å². The van der Waals surface area contributed by atoms with E-state index >= 15 is 0 Å². The third kappa shape index (κ3) is 1.63. The Morgan fingerprint density at radius 3 is 2.92 bits per heavy atom. The van der Waals surface area contributed by atoms with Crippen LogP contribution in [0.2, 0.25) is 0 Å². The van der Waals surface area contributed by atoms with Crippen LogP contribution in [0.25, 0.3) is 0 Å². The van der Waals surface area contributed by atoms with Gasteiger partial charge in [-0.2, -0.15) is 11.8 Å². The average Bonchev–Trinajstić information content (AvgIpc) is 2.73. The zero-order valence-electron chi connectivity index (χ0n) is 7.96. The summed E-state index contributed by atoms with van der Waals surface area (Å²) in [7, 11) is 2.04. The van der Waals surface area contributed by atoms with Gasteiger partial charge in [-0.05, 0) is 26.1 Å². The molecule has 2 nitrogen and oxygen atoms in total. The summed E-state index contributed by atoms with van der Waals surface area (Å²) >= 11 is 3.80. The van der Waals surface area contributed by atoms with Crippen molar-refractivity contribution in [1.82, 2.24) is 10.3 Å². The van der Waals surface area contributed by atoms with Crippen LogP contribution >= 0.6 is 23.1 Å². The topological polar surface area (TPSA) is 24.9 Å². The maximum atomic E-state index is 4.58. The van der Waals surface area contributed by atoms with Gasteiger partial charge >= 0.3 is 0 Å². The molecule has 4 heteroatoms. The van der Waals surface area contributed by atoms with E-state index in [0.29, 0.717) is 0 Å². The number of thioether (sulfide) groups is 1. The van der Waals surface area contributed by atoms with E-state index in [1.54, 1.807) is 11.3 Å². The smallest absolute Gasteiger partial charge is 0.114 e. The molecule has 2 heterocycles. The molecule has 1 atom stereocenters. The van der Waals surface area contributed by atoms with Crippen LogP contribution in [-0.2, 0) is 5.54 Å². The summed E-state index contributed by atoms with van der Waals surface area (Å²) in [6, 6.07) is 0. The Labute approximate surface area is 87.1 Å². The first-order valence-corrected chi connectivity index (χ1v) is 6.49. The molecule has 1 saturated heterocycles. The lowest BCUT2D eigenvalue weighted by atomic mass is 10.0. The summed E-state index contributed by atoms with van der Waals surface area (Å²) in [4.78, 5) is 4.58. The van der Waals surface area contributed by atoms with E-state index in [2.05, 4.69) is 22.6 Å². The van der Waals surface area contributed by atoms with Gasteiger partial charge in [-0.1, -0.05) is 0 Å². The number of hydrogen-bond acceptors (Lipinski definition) is 4. The summed E-state index contributed by atoms with van der Waals surface area (Å²) in [6.07, 6.45) is 1.21. The summed E-state index contributed by atoms with van der Waals surface area (Å²) in [5.41, 5.74) is 1.32. The van der Waals surface area contributed by atoms with E-state index in [-0.39, 0.29) is 5.54 Å². The molecule has 1 unspecified atom stereocenters. The highest BCUT2D eigenvalue weighted by Gasteiger charge is 2.36. The van der Waals surface area contributed by atoms with Gasteiger partial charge in [0.25, 0.3) is 0 Å². The number of nitrogens with zero attached hydrogens (tertiary/aromatic N) is 1. The molecule has 0 aliphatic carbocycles. The third-order valence-electron chi connectivity index (χ3n) is 2.53. The number of hydrogen-bond donors (Lipinski definition) is 1. The average molecular weight is 214 g/mol. The molecular formula is C9H14N2S2. The molecule has 0 aromatic carbocycles. The van der Waals surface area contributed by atoms with Crippen molar-refractivity contribution < 1.29 is 0 Å². The largest absolute Gasteiger partial charge is 0.308 e. The Bertz CT molecular complexity index is 290. The minimum Gasteiger partial charge on any atom is -0.308 e. The maximum Gasteiger partial charge on any atom is 0.114 e. The highest BCUT2D eigenvalue weighted by molar-refractivity contribution is 7.99. The molecule has 1 fully saturated rings. The Hall–Kier alpha value is -0.0600. The monoisotopic (exact) mass is 214 g/mol. The molecule has 1 aromatic rings. The van der Waals surface area contributed by atoms with Gasteiger partial charge in [0.2, 0.25) is 0 Å². The van der Waals surface area contributed by atoms with Crippen LogP contribution in [0.1, 0.15) is 17.1 Å². The van der Waals surface area contributed by atoms with Gasteiger partial charge < -0.3 is 5.32 Å². The second-order valence-electron chi connectivity index (χ2n) is 3.43. The quantitative estimate of drug-likeness (QED) is 0.815. The second-order valence-corrected chi connectivity index (χ2v) is 5.39. The van der Waals surface area contributed by atoms with Crippen molar-refractivity contribution in [3.63, 3.8) is 0 Å². The lowest BCUT2D eigenvalue weighted by molar-refractivity contribution is 0.409. The molecule has 13 heavy (non-hydrogen) atoms. The molecule has 0 amide bonds. The SMILES string of the molecule is CNC1(c2nc(C)cs2)CCSC1. The zero-order valence-corrected chi connectivity index (χ0v) is 9.60. The fraction of sp³-hybridized carbons (Fsp3) is 0.667. The highest BCUT2D eigenvalue weighted by Crippen LogP contribution is 2.37. The van der Waals surface area contributed by atoms with Gasteiger partial charge in [0.1, 0.15) is 5.01 Å². The fourth-order valence-corrected chi connectivity index (χ4v) is 4.15. The van der Waals surface area contributed by atoms with Crippen LogP contribution in [0.4, 0.5) is 0 Å². The number of nitrogens with one attached hydrogen (secondary N) is 1. The molecular weight excluding hydrogens is 200 g/mol. The van der Waals surface area contributed by atoms with E-state index in [1.165, 1.54) is 17.2 Å².